The van der Waals surface area contributed by atoms with Crippen LogP contribution in [0.25, 0.3) is 0 Å². The molecule has 1 atom stereocenters. The Balaban J connectivity index is 1.75. The van der Waals surface area contributed by atoms with Crippen LogP contribution in [0.5, 0.6) is 0 Å². The van der Waals surface area contributed by atoms with Gasteiger partial charge in [0.1, 0.15) is 0 Å². The van der Waals surface area contributed by atoms with Crippen LogP contribution in [-0.2, 0) is 10.0 Å². The molecule has 2 aromatic rings. The van der Waals surface area contributed by atoms with Gasteiger partial charge < -0.3 is 5.32 Å². The molecule has 1 unspecified atom stereocenters. The predicted molar refractivity (Wildman–Crippen MR) is 103 cm³/mol. The van der Waals surface area contributed by atoms with Gasteiger partial charge in [0, 0.05) is 23.8 Å². The van der Waals surface area contributed by atoms with Gasteiger partial charge in [0.2, 0.25) is 10.0 Å². The van der Waals surface area contributed by atoms with Gasteiger partial charge in [-0.25, -0.2) is 8.42 Å². The Hall–Kier alpha value is -2.18. The highest BCUT2D eigenvalue weighted by molar-refractivity contribution is 7.89. The number of nitrogens with one attached hydrogen (secondary N) is 1. The smallest absolute Gasteiger partial charge is 0.255 e. The van der Waals surface area contributed by atoms with Gasteiger partial charge in [-0.1, -0.05) is 31.5 Å². The molecule has 1 aliphatic heterocycles. The fraction of sp³-hybridized carbons (Fsp3) is 0.350. The minimum Gasteiger partial charge on any atom is -0.322 e. The number of benzene rings is 2. The largest absolute Gasteiger partial charge is 0.322 e. The summed E-state index contributed by atoms with van der Waals surface area (Å²) in [6.45, 7) is 2.61. The van der Waals surface area contributed by atoms with Gasteiger partial charge in [-0.2, -0.15) is 4.31 Å². The van der Waals surface area contributed by atoms with Crippen molar-refractivity contribution in [3.05, 3.63) is 60.2 Å². The first-order valence-electron chi connectivity index (χ1n) is 9.00. The summed E-state index contributed by atoms with van der Waals surface area (Å²) in [5.74, 6) is -0.219. The zero-order chi connectivity index (χ0) is 18.6. The third-order valence-electron chi connectivity index (χ3n) is 4.80. The first-order valence-corrected chi connectivity index (χ1v) is 10.4. The molecule has 138 valence electrons. The highest BCUT2D eigenvalue weighted by Crippen LogP contribution is 2.27. The van der Waals surface area contributed by atoms with E-state index in [1.54, 1.807) is 52.8 Å². The lowest BCUT2D eigenvalue weighted by Crippen LogP contribution is -2.43. The van der Waals surface area contributed by atoms with Crippen LogP contribution in [0.4, 0.5) is 5.69 Å². The second-order valence-electron chi connectivity index (χ2n) is 6.52. The molecule has 1 amide bonds. The summed E-state index contributed by atoms with van der Waals surface area (Å²) in [6, 6.07) is 15.4. The van der Waals surface area contributed by atoms with Crippen molar-refractivity contribution in [1.82, 2.24) is 4.31 Å². The molecule has 0 saturated carbocycles. The van der Waals surface area contributed by atoms with E-state index in [9.17, 15) is 13.2 Å². The number of rotatable bonds is 5. The molecule has 1 fully saturated rings. The fourth-order valence-corrected chi connectivity index (χ4v) is 5.10. The second-order valence-corrected chi connectivity index (χ2v) is 8.41. The van der Waals surface area contributed by atoms with Gasteiger partial charge in [-0.05, 0) is 55.7 Å². The second kappa shape index (κ2) is 8.01. The van der Waals surface area contributed by atoms with Crippen molar-refractivity contribution in [2.75, 3.05) is 11.9 Å². The molecule has 26 heavy (non-hydrogen) atoms. The third kappa shape index (κ3) is 3.97. The number of amides is 1. The predicted octanol–water partition coefficient (Wildman–Crippen LogP) is 3.89. The number of carbonyl (C=O) groups is 1. The van der Waals surface area contributed by atoms with Crippen LogP contribution in [0.3, 0.4) is 0 Å². The molecular weight excluding hydrogens is 348 g/mol. The summed E-state index contributed by atoms with van der Waals surface area (Å²) in [5, 5.41) is 2.79. The molecule has 1 N–H and O–H groups in total. The van der Waals surface area contributed by atoms with Crippen molar-refractivity contribution < 1.29 is 13.2 Å². The molecule has 1 aliphatic rings. The molecule has 6 heteroatoms. The molecule has 2 aromatic carbocycles. The van der Waals surface area contributed by atoms with Gasteiger partial charge in [0.15, 0.2) is 0 Å². The quantitative estimate of drug-likeness (QED) is 0.866. The van der Waals surface area contributed by atoms with Crippen LogP contribution in [0.2, 0.25) is 0 Å². The number of anilines is 1. The minimum atomic E-state index is -3.50. The van der Waals surface area contributed by atoms with Gasteiger partial charge in [-0.3, -0.25) is 4.79 Å². The van der Waals surface area contributed by atoms with Crippen LogP contribution in [-0.4, -0.2) is 31.2 Å². The summed E-state index contributed by atoms with van der Waals surface area (Å²) < 4.78 is 27.5. The Morgan fingerprint density at radius 2 is 1.77 bits per heavy atom. The number of nitrogens with zero attached hydrogens (tertiary/aromatic N) is 1. The van der Waals surface area contributed by atoms with Gasteiger partial charge >= 0.3 is 0 Å². The highest BCUT2D eigenvalue weighted by Gasteiger charge is 2.32. The molecule has 0 spiro atoms. The zero-order valence-corrected chi connectivity index (χ0v) is 15.7. The first-order chi connectivity index (χ1) is 12.5. The van der Waals surface area contributed by atoms with Crippen molar-refractivity contribution in [2.24, 2.45) is 0 Å². The first kappa shape index (κ1) is 18.6. The molecular formula is C20H24N2O3S. The van der Waals surface area contributed by atoms with E-state index < -0.39 is 10.0 Å². The summed E-state index contributed by atoms with van der Waals surface area (Å²) in [6.07, 6.45) is 3.72. The fourth-order valence-electron chi connectivity index (χ4n) is 3.34. The summed E-state index contributed by atoms with van der Waals surface area (Å²) in [4.78, 5) is 12.5. The Morgan fingerprint density at radius 1 is 1.08 bits per heavy atom. The number of piperidine rings is 1. The maximum atomic E-state index is 13.0. The lowest BCUT2D eigenvalue weighted by atomic mass is 10.0. The topological polar surface area (TPSA) is 66.5 Å². The van der Waals surface area contributed by atoms with Crippen LogP contribution in [0.1, 0.15) is 43.0 Å². The number of carbonyl (C=O) groups excluding carboxylic acids is 1. The zero-order valence-electron chi connectivity index (χ0n) is 14.9. The Bertz CT molecular complexity index is 848. The lowest BCUT2D eigenvalue weighted by molar-refractivity contribution is 0.102. The van der Waals surface area contributed by atoms with Crippen molar-refractivity contribution in [2.45, 2.75) is 43.5 Å². The summed E-state index contributed by atoms with van der Waals surface area (Å²) >= 11 is 0. The monoisotopic (exact) mass is 372 g/mol. The van der Waals surface area contributed by atoms with E-state index in [1.807, 2.05) is 13.0 Å². The van der Waals surface area contributed by atoms with Crippen molar-refractivity contribution in [1.29, 1.82) is 0 Å². The van der Waals surface area contributed by atoms with E-state index >= 15 is 0 Å². The third-order valence-corrected chi connectivity index (χ3v) is 6.77. The molecule has 1 heterocycles. The van der Waals surface area contributed by atoms with Gasteiger partial charge in [0.05, 0.1) is 4.90 Å². The maximum Gasteiger partial charge on any atom is 0.255 e. The molecule has 3 rings (SSSR count). The number of sulfonamides is 1. The van der Waals surface area contributed by atoms with E-state index in [2.05, 4.69) is 5.32 Å². The Kier molecular flexibility index (Phi) is 5.74. The van der Waals surface area contributed by atoms with Crippen LogP contribution >= 0.6 is 0 Å². The molecule has 0 aliphatic carbocycles. The normalized spacial score (nSPS) is 18.4. The Morgan fingerprint density at radius 3 is 2.42 bits per heavy atom. The van der Waals surface area contributed by atoms with Gasteiger partial charge in [-0.15, -0.1) is 0 Å². The van der Waals surface area contributed by atoms with Crippen LogP contribution in [0, 0.1) is 0 Å². The number of hydrogen-bond acceptors (Lipinski definition) is 3. The minimum absolute atomic E-state index is 0.0752. The lowest BCUT2D eigenvalue weighted by Gasteiger charge is -2.34. The van der Waals surface area contributed by atoms with E-state index in [1.165, 1.54) is 0 Å². The average molecular weight is 372 g/mol. The van der Waals surface area contributed by atoms with Crippen molar-refractivity contribution >= 4 is 21.6 Å². The van der Waals surface area contributed by atoms with Gasteiger partial charge in [0.25, 0.3) is 5.91 Å². The molecule has 5 nitrogen and oxygen atoms in total. The summed E-state index contributed by atoms with van der Waals surface area (Å²) in [7, 11) is -3.50. The van der Waals surface area contributed by atoms with Crippen LogP contribution < -0.4 is 5.32 Å². The van der Waals surface area contributed by atoms with E-state index in [4.69, 9.17) is 0 Å². The molecule has 0 bridgehead atoms. The SMILES string of the molecule is CCC1CCCCN1S(=O)(=O)c1ccc(NC(=O)c2ccccc2)cc1. The highest BCUT2D eigenvalue weighted by atomic mass is 32.2. The van der Waals surface area contributed by atoms with E-state index in [0.29, 0.717) is 17.8 Å². The standard InChI is InChI=1S/C20H24N2O3S/c1-2-18-10-6-7-15-22(18)26(24,25)19-13-11-17(12-14-19)21-20(23)16-8-4-3-5-9-16/h3-5,8-9,11-14,18H,2,6-7,10,15H2,1H3,(H,21,23). The van der Waals surface area contributed by atoms with Crippen LogP contribution in [0.15, 0.2) is 59.5 Å². The molecule has 1 saturated heterocycles. The average Bonchev–Trinajstić information content (AvgIpc) is 2.69. The van der Waals surface area contributed by atoms with Crippen molar-refractivity contribution in [3.63, 3.8) is 0 Å². The number of hydrogen-bond donors (Lipinski definition) is 1. The summed E-state index contributed by atoms with van der Waals surface area (Å²) in [5.41, 5.74) is 1.13. The molecule has 0 radical (unpaired) electrons. The maximum absolute atomic E-state index is 13.0. The molecule has 0 aromatic heterocycles. The Labute approximate surface area is 155 Å². The van der Waals surface area contributed by atoms with E-state index in [0.717, 1.165) is 25.7 Å². The van der Waals surface area contributed by atoms with E-state index in [-0.39, 0.29) is 16.8 Å². The van der Waals surface area contributed by atoms with Crippen molar-refractivity contribution in [3.8, 4) is 0 Å².